The van der Waals surface area contributed by atoms with Crippen molar-refractivity contribution in [2.75, 3.05) is 46.3 Å². The molecule has 1 aromatic carbocycles. The van der Waals surface area contributed by atoms with Gasteiger partial charge in [-0.1, -0.05) is 17.8 Å². The molecule has 0 aliphatic carbocycles. The molecule has 142 valence electrons. The Morgan fingerprint density at radius 3 is 2.46 bits per heavy atom. The molecule has 0 fully saturated rings. The topological polar surface area (TPSA) is 82.4 Å². The van der Waals surface area contributed by atoms with E-state index < -0.39 is 0 Å². The molecule has 1 heterocycles. The van der Waals surface area contributed by atoms with Gasteiger partial charge in [-0.25, -0.2) is 0 Å². The first-order valence-electron chi connectivity index (χ1n) is 8.31. The number of carbonyl (C=O) groups excluding carboxylic acids is 1. The van der Waals surface area contributed by atoms with Crippen LogP contribution in [-0.4, -0.2) is 77.3 Å². The zero-order chi connectivity index (χ0) is 18.9. The molecule has 0 saturated heterocycles. The van der Waals surface area contributed by atoms with Gasteiger partial charge in [-0.3, -0.25) is 4.79 Å². The highest BCUT2D eigenvalue weighted by Crippen LogP contribution is 2.20. The molecule has 2 aromatic rings. The van der Waals surface area contributed by atoms with Crippen molar-refractivity contribution in [1.29, 1.82) is 0 Å². The van der Waals surface area contributed by atoms with E-state index in [4.69, 9.17) is 9.47 Å². The first-order valence-corrected chi connectivity index (χ1v) is 9.29. The van der Waals surface area contributed by atoms with Crippen LogP contribution in [-0.2, 0) is 14.3 Å². The molecule has 1 aromatic heterocycles. The summed E-state index contributed by atoms with van der Waals surface area (Å²) >= 11 is 1.32. The van der Waals surface area contributed by atoms with Gasteiger partial charge in [0, 0.05) is 27.3 Å². The summed E-state index contributed by atoms with van der Waals surface area (Å²) in [6, 6.07) is 6.03. The lowest BCUT2D eigenvalue weighted by Gasteiger charge is -2.21. The minimum atomic E-state index is -0.00117. The summed E-state index contributed by atoms with van der Waals surface area (Å²) < 4.78 is 11.8. The van der Waals surface area contributed by atoms with E-state index in [1.807, 2.05) is 25.1 Å². The fraction of sp³-hybridized carbons (Fsp3) is 0.529. The summed E-state index contributed by atoms with van der Waals surface area (Å²) in [7, 11) is 3.23. The normalized spacial score (nSPS) is 10.9. The van der Waals surface area contributed by atoms with Crippen LogP contribution in [0.15, 0.2) is 23.4 Å². The van der Waals surface area contributed by atoms with Gasteiger partial charge in [0.05, 0.1) is 24.7 Å². The van der Waals surface area contributed by atoms with Crippen molar-refractivity contribution in [2.45, 2.75) is 19.0 Å². The van der Waals surface area contributed by atoms with Crippen LogP contribution in [0.1, 0.15) is 11.1 Å². The van der Waals surface area contributed by atoms with E-state index in [2.05, 4.69) is 22.4 Å². The second-order valence-electron chi connectivity index (χ2n) is 5.80. The number of ether oxygens (including phenoxy) is 2. The second kappa shape index (κ2) is 10.2. The molecule has 0 spiro atoms. The van der Waals surface area contributed by atoms with Crippen molar-refractivity contribution in [3.8, 4) is 5.69 Å². The molecule has 8 nitrogen and oxygen atoms in total. The molecule has 0 N–H and O–H groups in total. The van der Waals surface area contributed by atoms with Gasteiger partial charge in [0.2, 0.25) is 11.1 Å². The van der Waals surface area contributed by atoms with Crippen LogP contribution in [0.4, 0.5) is 0 Å². The Labute approximate surface area is 157 Å². The Bertz CT molecular complexity index is 714. The number of aromatic nitrogens is 4. The highest BCUT2D eigenvalue weighted by Gasteiger charge is 2.16. The second-order valence-corrected chi connectivity index (χ2v) is 6.74. The highest BCUT2D eigenvalue weighted by molar-refractivity contribution is 7.99. The van der Waals surface area contributed by atoms with Crippen molar-refractivity contribution >= 4 is 17.7 Å². The lowest BCUT2D eigenvalue weighted by Crippen LogP contribution is -2.37. The maximum atomic E-state index is 12.5. The number of benzene rings is 1. The van der Waals surface area contributed by atoms with Crippen LogP contribution in [0.5, 0.6) is 0 Å². The molecule has 0 unspecified atom stereocenters. The fourth-order valence-corrected chi connectivity index (χ4v) is 3.06. The first-order chi connectivity index (χ1) is 12.6. The number of tetrazole rings is 1. The number of rotatable bonds is 10. The summed E-state index contributed by atoms with van der Waals surface area (Å²) in [4.78, 5) is 14.2. The summed E-state index contributed by atoms with van der Waals surface area (Å²) in [5.74, 6) is 0.247. The van der Waals surface area contributed by atoms with Crippen molar-refractivity contribution in [2.24, 2.45) is 0 Å². The summed E-state index contributed by atoms with van der Waals surface area (Å²) in [6.45, 7) is 6.13. The van der Waals surface area contributed by atoms with Gasteiger partial charge in [0.25, 0.3) is 0 Å². The zero-order valence-electron chi connectivity index (χ0n) is 15.6. The zero-order valence-corrected chi connectivity index (χ0v) is 16.5. The van der Waals surface area contributed by atoms with Gasteiger partial charge in [-0.2, -0.15) is 4.68 Å². The average Bonchev–Trinajstić information content (AvgIpc) is 3.10. The van der Waals surface area contributed by atoms with E-state index in [-0.39, 0.29) is 11.7 Å². The third-order valence-corrected chi connectivity index (χ3v) is 4.89. The van der Waals surface area contributed by atoms with Crippen molar-refractivity contribution < 1.29 is 14.3 Å². The van der Waals surface area contributed by atoms with E-state index in [0.717, 1.165) is 11.3 Å². The Morgan fingerprint density at radius 1 is 1.15 bits per heavy atom. The predicted octanol–water partition coefficient (Wildman–Crippen LogP) is 1.49. The number of carbonyl (C=O) groups is 1. The van der Waals surface area contributed by atoms with E-state index in [9.17, 15) is 4.79 Å². The van der Waals surface area contributed by atoms with Crippen LogP contribution in [0.2, 0.25) is 0 Å². The van der Waals surface area contributed by atoms with Crippen molar-refractivity contribution in [3.05, 3.63) is 29.3 Å². The smallest absolute Gasteiger partial charge is 0.233 e. The van der Waals surface area contributed by atoms with Crippen LogP contribution >= 0.6 is 11.8 Å². The molecule has 0 bridgehead atoms. The Hall–Kier alpha value is -1.97. The van der Waals surface area contributed by atoms with Crippen LogP contribution in [0, 0.1) is 13.8 Å². The molecular formula is C17H25N5O3S. The summed E-state index contributed by atoms with van der Waals surface area (Å²) in [6.07, 6.45) is 0. The number of thioether (sulfide) groups is 1. The van der Waals surface area contributed by atoms with E-state index in [0.29, 0.717) is 31.5 Å². The lowest BCUT2D eigenvalue weighted by molar-refractivity contribution is -0.129. The fourth-order valence-electron chi connectivity index (χ4n) is 2.27. The van der Waals surface area contributed by atoms with Crippen molar-refractivity contribution in [1.82, 2.24) is 25.1 Å². The van der Waals surface area contributed by atoms with Gasteiger partial charge in [0.1, 0.15) is 0 Å². The minimum absolute atomic E-state index is 0.00117. The van der Waals surface area contributed by atoms with Gasteiger partial charge in [0.15, 0.2) is 0 Å². The van der Waals surface area contributed by atoms with Gasteiger partial charge in [-0.15, -0.1) is 5.10 Å². The number of hydrogen-bond donors (Lipinski definition) is 0. The SMILES string of the molecule is COCCN(CCOC)C(=O)CSc1nnnn1-c1ccc(C)c(C)c1. The number of aryl methyl sites for hydroxylation is 2. The molecule has 26 heavy (non-hydrogen) atoms. The maximum Gasteiger partial charge on any atom is 0.233 e. The van der Waals surface area contributed by atoms with E-state index >= 15 is 0 Å². The summed E-state index contributed by atoms with van der Waals surface area (Å²) in [5, 5.41) is 12.4. The molecule has 0 radical (unpaired) electrons. The minimum Gasteiger partial charge on any atom is -0.383 e. The maximum absolute atomic E-state index is 12.5. The first kappa shape index (κ1) is 20.3. The van der Waals surface area contributed by atoms with Crippen LogP contribution in [0.3, 0.4) is 0 Å². The predicted molar refractivity (Wildman–Crippen MR) is 99.7 cm³/mol. The Kier molecular flexibility index (Phi) is 8.02. The molecule has 0 aliphatic rings. The molecule has 2 rings (SSSR count). The number of hydrogen-bond acceptors (Lipinski definition) is 7. The van der Waals surface area contributed by atoms with Gasteiger partial charge in [-0.05, 0) is 47.5 Å². The molecule has 9 heteroatoms. The molecule has 0 atom stereocenters. The molecule has 0 saturated carbocycles. The number of methoxy groups -OCH3 is 2. The lowest BCUT2D eigenvalue weighted by atomic mass is 10.1. The largest absolute Gasteiger partial charge is 0.383 e. The quantitative estimate of drug-likeness (QED) is 0.579. The standard InChI is InChI=1S/C17H25N5O3S/c1-13-5-6-15(11-14(13)2)22-17(18-19-20-22)26-12-16(23)21(7-9-24-3)8-10-25-4/h5-6,11H,7-10,12H2,1-4H3. The monoisotopic (exact) mass is 379 g/mol. The third-order valence-electron chi connectivity index (χ3n) is 3.98. The number of nitrogens with zero attached hydrogens (tertiary/aromatic N) is 5. The molecule has 1 amide bonds. The average molecular weight is 379 g/mol. The van der Waals surface area contributed by atoms with Crippen molar-refractivity contribution in [3.63, 3.8) is 0 Å². The highest BCUT2D eigenvalue weighted by atomic mass is 32.2. The van der Waals surface area contributed by atoms with Gasteiger partial charge < -0.3 is 14.4 Å². The van der Waals surface area contributed by atoms with E-state index in [1.165, 1.54) is 17.3 Å². The third kappa shape index (κ3) is 5.52. The summed E-state index contributed by atoms with van der Waals surface area (Å²) in [5.41, 5.74) is 3.25. The Morgan fingerprint density at radius 2 is 1.85 bits per heavy atom. The molecule has 0 aliphatic heterocycles. The molecular weight excluding hydrogens is 354 g/mol. The van der Waals surface area contributed by atoms with Gasteiger partial charge >= 0.3 is 0 Å². The van der Waals surface area contributed by atoms with Crippen LogP contribution in [0.25, 0.3) is 5.69 Å². The van der Waals surface area contributed by atoms with Crippen LogP contribution < -0.4 is 0 Å². The number of amides is 1. The Balaban J connectivity index is 2.03. The van der Waals surface area contributed by atoms with E-state index in [1.54, 1.807) is 23.8 Å².